The summed E-state index contributed by atoms with van der Waals surface area (Å²) in [5.74, 6) is 7.33. The summed E-state index contributed by atoms with van der Waals surface area (Å²) < 4.78 is 11.2. The summed E-state index contributed by atoms with van der Waals surface area (Å²) in [6.07, 6.45) is 0.763. The fourth-order valence-corrected chi connectivity index (χ4v) is 1.56. The van der Waals surface area contributed by atoms with Crippen LogP contribution < -0.4 is 15.4 Å². The van der Waals surface area contributed by atoms with Gasteiger partial charge in [0.15, 0.2) is 0 Å². The zero-order valence-corrected chi connectivity index (χ0v) is 10.6. The van der Waals surface area contributed by atoms with Gasteiger partial charge >= 0.3 is 0 Å². The number of rotatable bonds is 7. The Hall–Kier alpha value is -2.04. The van der Waals surface area contributed by atoms with E-state index in [9.17, 15) is 0 Å². The van der Waals surface area contributed by atoms with Gasteiger partial charge in [0, 0.05) is 6.42 Å². The van der Waals surface area contributed by atoms with E-state index in [1.807, 2.05) is 54.6 Å². The molecular weight excluding hydrogens is 242 g/mol. The third-order valence-electron chi connectivity index (χ3n) is 2.48. The molecule has 0 saturated heterocycles. The third kappa shape index (κ3) is 4.62. The maximum Gasteiger partial charge on any atom is 0.127 e. The minimum absolute atomic E-state index is 0.495. The highest BCUT2D eigenvalue weighted by Gasteiger charge is 1.98. The number of hydrogen-bond acceptors (Lipinski definition) is 4. The van der Waals surface area contributed by atoms with Crippen LogP contribution in [0.3, 0.4) is 0 Å². The first-order valence-electron chi connectivity index (χ1n) is 6.16. The molecule has 0 aromatic heterocycles. The van der Waals surface area contributed by atoms with Crippen molar-refractivity contribution in [2.45, 2.75) is 6.42 Å². The van der Waals surface area contributed by atoms with E-state index in [0.29, 0.717) is 13.2 Å². The second-order valence-corrected chi connectivity index (χ2v) is 3.96. The minimum Gasteiger partial charge on any atom is -0.494 e. The van der Waals surface area contributed by atoms with Crippen LogP contribution in [0.2, 0.25) is 0 Å². The Morgan fingerprint density at radius 1 is 0.737 bits per heavy atom. The molecule has 0 saturated carbocycles. The maximum absolute atomic E-state index is 5.68. The van der Waals surface area contributed by atoms with Gasteiger partial charge in [-0.15, -0.1) is 0 Å². The summed E-state index contributed by atoms with van der Waals surface area (Å²) in [4.78, 5) is 4.47. The highest BCUT2D eigenvalue weighted by Crippen LogP contribution is 2.23. The van der Waals surface area contributed by atoms with Crippen LogP contribution in [0, 0.1) is 0 Å². The summed E-state index contributed by atoms with van der Waals surface area (Å²) in [5.41, 5.74) is 0. The van der Waals surface area contributed by atoms with Crippen LogP contribution in [0.5, 0.6) is 17.2 Å². The highest BCUT2D eigenvalue weighted by molar-refractivity contribution is 5.35. The first-order chi connectivity index (χ1) is 9.38. The second-order valence-electron chi connectivity index (χ2n) is 3.96. The van der Waals surface area contributed by atoms with Crippen molar-refractivity contribution < 1.29 is 14.3 Å². The van der Waals surface area contributed by atoms with Crippen molar-refractivity contribution in [1.29, 1.82) is 0 Å². The fraction of sp³-hybridized carbons (Fsp3) is 0.200. The molecule has 100 valence electrons. The van der Waals surface area contributed by atoms with Gasteiger partial charge < -0.3 is 14.3 Å². The predicted molar refractivity (Wildman–Crippen MR) is 73.2 cm³/mol. The molecule has 2 rings (SSSR count). The van der Waals surface area contributed by atoms with Gasteiger partial charge in [-0.3, -0.25) is 0 Å². The fourth-order valence-electron chi connectivity index (χ4n) is 1.56. The zero-order chi connectivity index (χ0) is 13.3. The third-order valence-corrected chi connectivity index (χ3v) is 2.48. The van der Waals surface area contributed by atoms with E-state index in [1.54, 1.807) is 0 Å². The molecule has 0 unspecified atom stereocenters. The molecule has 0 aliphatic rings. The first-order valence-corrected chi connectivity index (χ1v) is 6.16. The van der Waals surface area contributed by atoms with Crippen molar-refractivity contribution in [2.24, 2.45) is 5.90 Å². The zero-order valence-electron chi connectivity index (χ0n) is 10.6. The first kappa shape index (κ1) is 13.4. The number of benzene rings is 2. The molecule has 0 spiro atoms. The van der Waals surface area contributed by atoms with Crippen molar-refractivity contribution in [1.82, 2.24) is 0 Å². The van der Waals surface area contributed by atoms with Crippen LogP contribution in [0.25, 0.3) is 0 Å². The van der Waals surface area contributed by atoms with E-state index in [4.69, 9.17) is 15.4 Å². The number of hydrogen-bond donors (Lipinski definition) is 1. The van der Waals surface area contributed by atoms with Crippen molar-refractivity contribution in [3.05, 3.63) is 54.6 Å². The number of para-hydroxylation sites is 1. The van der Waals surface area contributed by atoms with Crippen LogP contribution in [-0.4, -0.2) is 13.2 Å². The van der Waals surface area contributed by atoms with Crippen molar-refractivity contribution >= 4 is 0 Å². The van der Waals surface area contributed by atoms with Crippen molar-refractivity contribution in [3.8, 4) is 17.2 Å². The van der Waals surface area contributed by atoms with Crippen LogP contribution in [0.15, 0.2) is 54.6 Å². The molecule has 0 atom stereocenters. The van der Waals surface area contributed by atoms with Gasteiger partial charge in [-0.1, -0.05) is 18.2 Å². The lowest BCUT2D eigenvalue weighted by Crippen LogP contribution is -2.06. The molecule has 2 N–H and O–H groups in total. The van der Waals surface area contributed by atoms with Crippen molar-refractivity contribution in [2.75, 3.05) is 13.2 Å². The predicted octanol–water partition coefficient (Wildman–Crippen LogP) is 3.14. The molecule has 0 aliphatic heterocycles. The van der Waals surface area contributed by atoms with Gasteiger partial charge in [0.1, 0.15) is 17.2 Å². The van der Waals surface area contributed by atoms with E-state index < -0.39 is 0 Å². The lowest BCUT2D eigenvalue weighted by Gasteiger charge is -2.08. The van der Waals surface area contributed by atoms with Gasteiger partial charge in [0.25, 0.3) is 0 Å². The molecule has 4 nitrogen and oxygen atoms in total. The Kier molecular flexibility index (Phi) is 5.22. The average Bonchev–Trinajstić information content (AvgIpc) is 2.46. The molecule has 0 amide bonds. The van der Waals surface area contributed by atoms with Gasteiger partial charge in [0.05, 0.1) is 13.2 Å². The summed E-state index contributed by atoms with van der Waals surface area (Å²) in [6, 6.07) is 17.2. The Bertz CT molecular complexity index is 471. The molecule has 0 fully saturated rings. The molecular formula is C15H17NO3. The smallest absolute Gasteiger partial charge is 0.127 e. The molecule has 0 heterocycles. The molecule has 19 heavy (non-hydrogen) atoms. The van der Waals surface area contributed by atoms with E-state index in [0.717, 1.165) is 23.7 Å². The van der Waals surface area contributed by atoms with E-state index in [-0.39, 0.29) is 0 Å². The van der Waals surface area contributed by atoms with Crippen LogP contribution in [0.4, 0.5) is 0 Å². The number of ether oxygens (including phenoxy) is 2. The van der Waals surface area contributed by atoms with E-state index in [1.165, 1.54) is 0 Å². The summed E-state index contributed by atoms with van der Waals surface area (Å²) in [5, 5.41) is 0. The van der Waals surface area contributed by atoms with Gasteiger partial charge in [-0.05, 0) is 36.4 Å². The molecule has 2 aromatic rings. The minimum atomic E-state index is 0.495. The number of nitrogens with two attached hydrogens (primary N) is 1. The molecule has 0 radical (unpaired) electrons. The topological polar surface area (TPSA) is 53.7 Å². The second kappa shape index (κ2) is 7.41. The Labute approximate surface area is 112 Å². The highest BCUT2D eigenvalue weighted by atomic mass is 16.6. The standard InChI is InChI=1S/C15H17NO3/c16-18-12-4-11-17-13-7-9-15(10-8-13)19-14-5-2-1-3-6-14/h1-3,5-10H,4,11-12,16H2. The van der Waals surface area contributed by atoms with Gasteiger partial charge in [-0.25, -0.2) is 5.90 Å². The van der Waals surface area contributed by atoms with E-state index in [2.05, 4.69) is 4.84 Å². The lowest BCUT2D eigenvalue weighted by atomic mass is 10.3. The Morgan fingerprint density at radius 2 is 1.37 bits per heavy atom. The maximum atomic E-state index is 5.68. The SMILES string of the molecule is NOCCCOc1ccc(Oc2ccccc2)cc1. The normalized spacial score (nSPS) is 10.2. The summed E-state index contributed by atoms with van der Waals surface area (Å²) in [6.45, 7) is 1.07. The molecule has 0 bridgehead atoms. The van der Waals surface area contributed by atoms with Crippen LogP contribution in [0.1, 0.15) is 6.42 Å². The van der Waals surface area contributed by atoms with Crippen molar-refractivity contribution in [3.63, 3.8) is 0 Å². The van der Waals surface area contributed by atoms with Gasteiger partial charge in [-0.2, -0.15) is 0 Å². The lowest BCUT2D eigenvalue weighted by molar-refractivity contribution is 0.122. The largest absolute Gasteiger partial charge is 0.494 e. The Morgan fingerprint density at radius 3 is 2.05 bits per heavy atom. The molecule has 0 aliphatic carbocycles. The summed E-state index contributed by atoms with van der Waals surface area (Å²) >= 11 is 0. The summed E-state index contributed by atoms with van der Waals surface area (Å²) in [7, 11) is 0. The average molecular weight is 259 g/mol. The van der Waals surface area contributed by atoms with Gasteiger partial charge in [0.2, 0.25) is 0 Å². The molecule has 2 aromatic carbocycles. The van der Waals surface area contributed by atoms with Crippen LogP contribution in [-0.2, 0) is 4.84 Å². The van der Waals surface area contributed by atoms with E-state index >= 15 is 0 Å². The monoisotopic (exact) mass is 259 g/mol. The molecule has 4 heteroatoms. The van der Waals surface area contributed by atoms with Crippen LogP contribution >= 0.6 is 0 Å². The Balaban J connectivity index is 1.84. The quantitative estimate of drug-likeness (QED) is 0.613.